The third kappa shape index (κ3) is 3.09. The second kappa shape index (κ2) is 7.06. The molecule has 0 radical (unpaired) electrons. The van der Waals surface area contributed by atoms with E-state index < -0.39 is 0 Å². The first-order chi connectivity index (χ1) is 12.8. The van der Waals surface area contributed by atoms with Crippen molar-refractivity contribution in [2.24, 2.45) is 0 Å². The molecular formula is C17H19N7O2. The van der Waals surface area contributed by atoms with Crippen molar-refractivity contribution in [2.45, 2.75) is 6.04 Å². The van der Waals surface area contributed by atoms with Crippen LogP contribution >= 0.6 is 0 Å². The lowest BCUT2D eigenvalue weighted by molar-refractivity contribution is 0.0839. The molecule has 9 heteroatoms. The number of fused-ring (bicyclic) bond motifs is 1. The van der Waals surface area contributed by atoms with Crippen molar-refractivity contribution in [3.63, 3.8) is 0 Å². The van der Waals surface area contributed by atoms with Crippen LogP contribution in [0, 0.1) is 0 Å². The maximum Gasteiger partial charge on any atom is 0.162 e. The standard InChI is InChI=1S/C17H19N7O2/c1-25-9-13(10-26-2)24-8-12(6-19-24)20-17-15-14(7-18-23-15)21-16(22-17)11-4-3-5-11/h3-8,13H,9-10H2,1-2H3,(H,18,23)(H,20,21,22). The minimum absolute atomic E-state index is 0.000970. The van der Waals surface area contributed by atoms with E-state index in [4.69, 9.17) is 9.47 Å². The Kier molecular flexibility index (Phi) is 4.46. The van der Waals surface area contributed by atoms with Crippen molar-refractivity contribution in [3.05, 3.63) is 42.6 Å². The molecule has 0 bridgehead atoms. The molecule has 4 rings (SSSR count). The fourth-order valence-electron chi connectivity index (χ4n) is 2.73. The van der Waals surface area contributed by atoms with Crippen molar-refractivity contribution in [1.82, 2.24) is 29.9 Å². The molecular weight excluding hydrogens is 334 g/mol. The van der Waals surface area contributed by atoms with E-state index in [-0.39, 0.29) is 6.04 Å². The number of nitrogens with one attached hydrogen (secondary N) is 2. The van der Waals surface area contributed by atoms with Crippen LogP contribution in [0.5, 0.6) is 0 Å². The van der Waals surface area contributed by atoms with Crippen molar-refractivity contribution >= 4 is 28.1 Å². The monoisotopic (exact) mass is 353 g/mol. The first-order valence-electron chi connectivity index (χ1n) is 8.17. The molecule has 0 saturated carbocycles. The number of methoxy groups -OCH3 is 2. The first-order valence-corrected chi connectivity index (χ1v) is 8.17. The quantitative estimate of drug-likeness (QED) is 0.639. The van der Waals surface area contributed by atoms with E-state index in [1.165, 1.54) is 0 Å². The molecule has 2 N–H and O–H groups in total. The summed E-state index contributed by atoms with van der Waals surface area (Å²) in [5.74, 6) is 1.31. The van der Waals surface area contributed by atoms with Gasteiger partial charge in [0.05, 0.1) is 37.3 Å². The molecule has 0 aromatic carbocycles. The van der Waals surface area contributed by atoms with Crippen molar-refractivity contribution in [2.75, 3.05) is 32.8 Å². The smallest absolute Gasteiger partial charge is 0.162 e. The molecule has 1 aliphatic carbocycles. The summed E-state index contributed by atoms with van der Waals surface area (Å²) >= 11 is 0. The van der Waals surface area contributed by atoms with Gasteiger partial charge in [0.15, 0.2) is 11.6 Å². The molecule has 26 heavy (non-hydrogen) atoms. The van der Waals surface area contributed by atoms with E-state index in [2.05, 4.69) is 30.6 Å². The topological polar surface area (TPSA) is 103 Å². The molecule has 0 fully saturated rings. The molecule has 3 heterocycles. The lowest BCUT2D eigenvalue weighted by Crippen LogP contribution is -2.20. The molecule has 3 aromatic rings. The molecule has 0 unspecified atom stereocenters. The highest BCUT2D eigenvalue weighted by Crippen LogP contribution is 2.26. The summed E-state index contributed by atoms with van der Waals surface area (Å²) in [4.78, 5) is 9.14. The summed E-state index contributed by atoms with van der Waals surface area (Å²) in [5.41, 5.74) is 3.30. The lowest BCUT2D eigenvalue weighted by Gasteiger charge is -2.15. The van der Waals surface area contributed by atoms with Gasteiger partial charge in [-0.2, -0.15) is 10.2 Å². The van der Waals surface area contributed by atoms with E-state index in [1.54, 1.807) is 26.6 Å². The third-order valence-electron chi connectivity index (χ3n) is 4.07. The highest BCUT2D eigenvalue weighted by Gasteiger charge is 2.16. The van der Waals surface area contributed by atoms with Crippen molar-refractivity contribution < 1.29 is 9.47 Å². The number of hydrogen-bond donors (Lipinski definition) is 2. The summed E-state index contributed by atoms with van der Waals surface area (Å²) in [7, 11) is 3.32. The second-order valence-corrected chi connectivity index (χ2v) is 5.91. The average molecular weight is 353 g/mol. The Morgan fingerprint density at radius 3 is 2.69 bits per heavy atom. The summed E-state index contributed by atoms with van der Waals surface area (Å²) in [6.45, 7) is 1.02. The van der Waals surface area contributed by atoms with Crippen molar-refractivity contribution in [1.29, 1.82) is 0 Å². The van der Waals surface area contributed by atoms with Crippen LogP contribution < -0.4 is 5.32 Å². The summed E-state index contributed by atoms with van der Waals surface area (Å²) in [6.07, 6.45) is 11.2. The Labute approximate surface area is 149 Å². The Morgan fingerprint density at radius 2 is 2.00 bits per heavy atom. The zero-order valence-corrected chi connectivity index (χ0v) is 14.5. The Bertz CT molecular complexity index is 967. The van der Waals surface area contributed by atoms with Gasteiger partial charge in [-0.05, 0) is 0 Å². The third-order valence-corrected chi connectivity index (χ3v) is 4.07. The number of aromatic amines is 1. The molecule has 0 atom stereocenters. The van der Waals surface area contributed by atoms with Gasteiger partial charge >= 0.3 is 0 Å². The van der Waals surface area contributed by atoms with Crippen LogP contribution in [0.4, 0.5) is 11.5 Å². The van der Waals surface area contributed by atoms with E-state index in [0.29, 0.717) is 24.9 Å². The number of hydrogen-bond acceptors (Lipinski definition) is 7. The predicted octanol–water partition coefficient (Wildman–Crippen LogP) is 2.08. The summed E-state index contributed by atoms with van der Waals surface area (Å²) < 4.78 is 12.3. The number of H-pyrrole nitrogens is 1. The largest absolute Gasteiger partial charge is 0.382 e. The van der Waals surface area contributed by atoms with E-state index in [1.807, 2.05) is 29.1 Å². The number of aromatic nitrogens is 6. The van der Waals surface area contributed by atoms with Crippen LogP contribution in [-0.2, 0) is 9.47 Å². The van der Waals surface area contributed by atoms with Gasteiger partial charge in [0.1, 0.15) is 11.0 Å². The molecule has 0 spiro atoms. The van der Waals surface area contributed by atoms with Gasteiger partial charge in [-0.3, -0.25) is 9.78 Å². The summed E-state index contributed by atoms with van der Waals surface area (Å²) in [6, 6.07) is -0.000970. The number of rotatable bonds is 8. The maximum atomic E-state index is 5.24. The predicted molar refractivity (Wildman–Crippen MR) is 97.1 cm³/mol. The zero-order chi connectivity index (χ0) is 17.9. The molecule has 3 aromatic heterocycles. The van der Waals surface area contributed by atoms with Crippen LogP contribution in [0.3, 0.4) is 0 Å². The van der Waals surface area contributed by atoms with Crippen LogP contribution in [0.15, 0.2) is 36.8 Å². The SMILES string of the molecule is COCC(COC)n1cc(Nc2nc(C3=CC=C3)nc3cn[nH]c23)cn1. The molecule has 1 aliphatic rings. The Balaban J connectivity index is 1.62. The molecule has 134 valence electrons. The molecule has 0 aliphatic heterocycles. The normalized spacial score (nSPS) is 13.3. The van der Waals surface area contributed by atoms with Gasteiger partial charge < -0.3 is 14.8 Å². The lowest BCUT2D eigenvalue weighted by atomic mass is 10.1. The Hall–Kier alpha value is -3.04. The van der Waals surface area contributed by atoms with Gasteiger partial charge in [0.25, 0.3) is 0 Å². The van der Waals surface area contributed by atoms with Crippen LogP contribution in [-0.4, -0.2) is 57.4 Å². The van der Waals surface area contributed by atoms with Gasteiger partial charge in [-0.1, -0.05) is 18.2 Å². The van der Waals surface area contributed by atoms with Crippen LogP contribution in [0.25, 0.3) is 16.6 Å². The number of allylic oxidation sites excluding steroid dienone is 4. The minimum atomic E-state index is -0.000970. The highest BCUT2D eigenvalue weighted by molar-refractivity contribution is 5.89. The van der Waals surface area contributed by atoms with Gasteiger partial charge in [-0.25, -0.2) is 9.97 Å². The maximum absolute atomic E-state index is 5.24. The van der Waals surface area contributed by atoms with E-state index >= 15 is 0 Å². The fraction of sp³-hybridized carbons (Fsp3) is 0.294. The molecule has 9 nitrogen and oxygen atoms in total. The number of ether oxygens (including phenoxy) is 2. The highest BCUT2D eigenvalue weighted by atomic mass is 16.5. The number of nitrogens with zero attached hydrogens (tertiary/aromatic N) is 5. The van der Waals surface area contributed by atoms with Gasteiger partial charge in [0, 0.05) is 26.0 Å². The molecule has 0 amide bonds. The minimum Gasteiger partial charge on any atom is -0.382 e. The second-order valence-electron chi connectivity index (χ2n) is 5.91. The van der Waals surface area contributed by atoms with Crippen LogP contribution in [0.2, 0.25) is 0 Å². The van der Waals surface area contributed by atoms with Crippen LogP contribution in [0.1, 0.15) is 11.9 Å². The fourth-order valence-corrected chi connectivity index (χ4v) is 2.73. The van der Waals surface area contributed by atoms with E-state index in [9.17, 15) is 0 Å². The average Bonchev–Trinajstić information content (AvgIpc) is 3.22. The van der Waals surface area contributed by atoms with Crippen molar-refractivity contribution in [3.8, 4) is 0 Å². The van der Waals surface area contributed by atoms with E-state index in [0.717, 1.165) is 22.3 Å². The first kappa shape index (κ1) is 16.4. The van der Waals surface area contributed by atoms with Gasteiger partial charge in [0.2, 0.25) is 0 Å². The zero-order valence-electron chi connectivity index (χ0n) is 14.5. The van der Waals surface area contributed by atoms with Gasteiger partial charge in [-0.15, -0.1) is 0 Å². The summed E-state index contributed by atoms with van der Waals surface area (Å²) in [5, 5.41) is 14.7. The number of anilines is 2. The molecule has 0 saturated heterocycles. The Morgan fingerprint density at radius 1 is 1.19 bits per heavy atom.